The molecule has 0 unspecified atom stereocenters. The summed E-state index contributed by atoms with van der Waals surface area (Å²) in [4.78, 5) is 21.2. The third-order valence-corrected chi connectivity index (χ3v) is 5.27. The van der Waals surface area contributed by atoms with Gasteiger partial charge in [-0.15, -0.1) is 11.3 Å². The molecule has 0 aliphatic carbocycles. The Balaban J connectivity index is 1.55. The van der Waals surface area contributed by atoms with Crippen LogP contribution in [0.25, 0.3) is 0 Å². The van der Waals surface area contributed by atoms with E-state index in [1.54, 1.807) is 29.5 Å². The number of aryl methyl sites for hydroxylation is 1. The third kappa shape index (κ3) is 3.73. The summed E-state index contributed by atoms with van der Waals surface area (Å²) in [6.07, 6.45) is 0. The first-order valence-corrected chi connectivity index (χ1v) is 8.89. The van der Waals surface area contributed by atoms with Crippen LogP contribution in [0.1, 0.15) is 12.6 Å². The van der Waals surface area contributed by atoms with Gasteiger partial charge >= 0.3 is 0 Å². The molecule has 3 rings (SSSR count). The van der Waals surface area contributed by atoms with Crippen LogP contribution >= 0.6 is 11.3 Å². The molecule has 1 amide bonds. The number of hydrogen-bond donors (Lipinski definition) is 1. The van der Waals surface area contributed by atoms with Gasteiger partial charge in [0.2, 0.25) is 5.91 Å². The molecule has 5 nitrogen and oxygen atoms in total. The fourth-order valence-electron chi connectivity index (χ4n) is 2.75. The Morgan fingerprint density at radius 1 is 1.29 bits per heavy atom. The van der Waals surface area contributed by atoms with Crippen LogP contribution in [0.4, 0.5) is 15.2 Å². The Hall–Kier alpha value is -1.99. The molecule has 0 spiro atoms. The summed E-state index contributed by atoms with van der Waals surface area (Å²) in [6, 6.07) is 5.92. The molecule has 0 saturated carbocycles. The Morgan fingerprint density at radius 3 is 2.62 bits per heavy atom. The monoisotopic (exact) mass is 348 g/mol. The molecule has 1 atom stereocenters. The van der Waals surface area contributed by atoms with Gasteiger partial charge < -0.3 is 10.2 Å². The van der Waals surface area contributed by atoms with Crippen LogP contribution in [-0.4, -0.2) is 48.0 Å². The largest absolute Gasteiger partial charge is 0.346 e. The minimum absolute atomic E-state index is 0.182. The van der Waals surface area contributed by atoms with Gasteiger partial charge in [0.1, 0.15) is 5.82 Å². The smallest absolute Gasteiger partial charge is 0.241 e. The van der Waals surface area contributed by atoms with Crippen molar-refractivity contribution < 1.29 is 9.18 Å². The van der Waals surface area contributed by atoms with Crippen molar-refractivity contribution >= 4 is 28.1 Å². The number of carbonyl (C=O) groups is 1. The SMILES string of the molecule is Cc1csc(N2CCN([C@@H](C)C(=O)Nc3ccccc3F)CC2)n1. The molecule has 1 aromatic heterocycles. The van der Waals surface area contributed by atoms with Crippen LogP contribution in [0.2, 0.25) is 0 Å². The number of anilines is 2. The van der Waals surface area contributed by atoms with Crippen molar-refractivity contribution in [1.29, 1.82) is 0 Å². The number of amides is 1. The van der Waals surface area contributed by atoms with Crippen LogP contribution < -0.4 is 10.2 Å². The van der Waals surface area contributed by atoms with Gasteiger partial charge in [-0.2, -0.15) is 0 Å². The Bertz CT molecular complexity index is 712. The molecule has 24 heavy (non-hydrogen) atoms. The molecule has 1 aliphatic rings. The van der Waals surface area contributed by atoms with E-state index in [0.29, 0.717) is 0 Å². The molecule has 1 N–H and O–H groups in total. The van der Waals surface area contributed by atoms with Gasteiger partial charge in [0, 0.05) is 31.6 Å². The molecule has 2 aromatic rings. The normalized spacial score (nSPS) is 16.9. The lowest BCUT2D eigenvalue weighted by atomic mass is 10.2. The zero-order valence-electron chi connectivity index (χ0n) is 13.8. The second kappa shape index (κ2) is 7.27. The zero-order valence-corrected chi connectivity index (χ0v) is 14.6. The Morgan fingerprint density at radius 2 is 2.00 bits per heavy atom. The van der Waals surface area contributed by atoms with Crippen LogP contribution in [0.5, 0.6) is 0 Å². The summed E-state index contributed by atoms with van der Waals surface area (Å²) in [5.41, 5.74) is 1.27. The quantitative estimate of drug-likeness (QED) is 0.923. The molecule has 1 fully saturated rings. The minimum atomic E-state index is -0.415. The molecular weight excluding hydrogens is 327 g/mol. The number of rotatable bonds is 4. The van der Waals surface area contributed by atoms with E-state index in [2.05, 4.69) is 20.1 Å². The standard InChI is InChI=1S/C17H21FN4OS/c1-12-11-24-17(19-12)22-9-7-21(8-10-22)13(2)16(23)20-15-6-4-3-5-14(15)18/h3-6,11,13H,7-10H2,1-2H3,(H,20,23)/t13-/m0/s1. The predicted molar refractivity (Wildman–Crippen MR) is 95.1 cm³/mol. The van der Waals surface area contributed by atoms with E-state index in [1.807, 2.05) is 19.2 Å². The van der Waals surface area contributed by atoms with Gasteiger partial charge in [-0.1, -0.05) is 12.1 Å². The van der Waals surface area contributed by atoms with Gasteiger partial charge in [0.05, 0.1) is 17.4 Å². The first kappa shape index (κ1) is 16.9. The van der Waals surface area contributed by atoms with Gasteiger partial charge in [0.15, 0.2) is 5.13 Å². The van der Waals surface area contributed by atoms with Crippen molar-refractivity contribution in [3.05, 3.63) is 41.2 Å². The zero-order chi connectivity index (χ0) is 17.1. The number of nitrogens with one attached hydrogen (secondary N) is 1. The summed E-state index contributed by atoms with van der Waals surface area (Å²) in [5, 5.41) is 5.76. The third-order valence-electron chi connectivity index (χ3n) is 4.25. The van der Waals surface area contributed by atoms with Crippen molar-refractivity contribution in [2.75, 3.05) is 36.4 Å². The van der Waals surface area contributed by atoms with E-state index in [0.717, 1.165) is 37.0 Å². The lowest BCUT2D eigenvalue weighted by Crippen LogP contribution is -2.52. The van der Waals surface area contributed by atoms with Crippen LogP contribution in [0.3, 0.4) is 0 Å². The molecule has 0 radical (unpaired) electrons. The maximum Gasteiger partial charge on any atom is 0.241 e. The molecule has 1 aliphatic heterocycles. The van der Waals surface area contributed by atoms with E-state index in [9.17, 15) is 9.18 Å². The van der Waals surface area contributed by atoms with Crippen molar-refractivity contribution in [2.45, 2.75) is 19.9 Å². The maximum atomic E-state index is 13.7. The van der Waals surface area contributed by atoms with Gasteiger partial charge in [-0.3, -0.25) is 9.69 Å². The summed E-state index contributed by atoms with van der Waals surface area (Å²) < 4.78 is 13.7. The number of aromatic nitrogens is 1. The molecule has 0 bridgehead atoms. The number of halogens is 1. The van der Waals surface area contributed by atoms with E-state index >= 15 is 0 Å². The Labute approximate surface area is 145 Å². The number of benzene rings is 1. The highest BCUT2D eigenvalue weighted by molar-refractivity contribution is 7.13. The number of para-hydroxylation sites is 1. The molecular formula is C17H21FN4OS. The summed E-state index contributed by atoms with van der Waals surface area (Å²) >= 11 is 1.65. The highest BCUT2D eigenvalue weighted by Gasteiger charge is 2.26. The highest BCUT2D eigenvalue weighted by Crippen LogP contribution is 2.22. The second-order valence-electron chi connectivity index (χ2n) is 5.94. The van der Waals surface area contributed by atoms with Crippen molar-refractivity contribution in [3.63, 3.8) is 0 Å². The lowest BCUT2D eigenvalue weighted by Gasteiger charge is -2.37. The molecule has 1 saturated heterocycles. The molecule has 128 valence electrons. The topological polar surface area (TPSA) is 48.5 Å². The fourth-order valence-corrected chi connectivity index (χ4v) is 3.61. The van der Waals surface area contributed by atoms with Crippen molar-refractivity contribution in [3.8, 4) is 0 Å². The highest BCUT2D eigenvalue weighted by atomic mass is 32.1. The van der Waals surface area contributed by atoms with Crippen LogP contribution in [0.15, 0.2) is 29.6 Å². The lowest BCUT2D eigenvalue weighted by molar-refractivity contribution is -0.120. The molecule has 2 heterocycles. The molecule has 1 aromatic carbocycles. The molecule has 7 heteroatoms. The van der Waals surface area contributed by atoms with Gasteiger partial charge in [-0.05, 0) is 26.0 Å². The predicted octanol–water partition coefficient (Wildman–Crippen LogP) is 2.74. The number of thiazole rings is 1. The van der Waals surface area contributed by atoms with Crippen molar-refractivity contribution in [2.24, 2.45) is 0 Å². The number of piperazine rings is 1. The van der Waals surface area contributed by atoms with E-state index in [1.165, 1.54) is 6.07 Å². The Kier molecular flexibility index (Phi) is 5.11. The van der Waals surface area contributed by atoms with E-state index < -0.39 is 5.82 Å². The van der Waals surface area contributed by atoms with E-state index in [4.69, 9.17) is 0 Å². The minimum Gasteiger partial charge on any atom is -0.346 e. The summed E-state index contributed by atoms with van der Waals surface area (Å²) in [5.74, 6) is -0.597. The van der Waals surface area contributed by atoms with Crippen LogP contribution in [0, 0.1) is 12.7 Å². The van der Waals surface area contributed by atoms with Crippen molar-refractivity contribution in [1.82, 2.24) is 9.88 Å². The number of hydrogen-bond acceptors (Lipinski definition) is 5. The van der Waals surface area contributed by atoms with Gasteiger partial charge in [0.25, 0.3) is 0 Å². The average molecular weight is 348 g/mol. The first-order valence-electron chi connectivity index (χ1n) is 8.01. The number of nitrogens with zero attached hydrogens (tertiary/aromatic N) is 3. The van der Waals surface area contributed by atoms with Crippen LogP contribution in [-0.2, 0) is 4.79 Å². The number of carbonyl (C=O) groups excluding carboxylic acids is 1. The summed E-state index contributed by atoms with van der Waals surface area (Å²) in [7, 11) is 0. The second-order valence-corrected chi connectivity index (χ2v) is 6.78. The summed E-state index contributed by atoms with van der Waals surface area (Å²) in [6.45, 7) is 7.09. The average Bonchev–Trinajstić information content (AvgIpc) is 3.03. The first-order chi connectivity index (χ1) is 11.5. The fraction of sp³-hybridized carbons (Fsp3) is 0.412. The maximum absolute atomic E-state index is 13.7. The van der Waals surface area contributed by atoms with Gasteiger partial charge in [-0.25, -0.2) is 9.37 Å². The van der Waals surface area contributed by atoms with E-state index in [-0.39, 0.29) is 17.6 Å².